The molecule has 5 heteroatoms. The van der Waals surface area contributed by atoms with Gasteiger partial charge in [-0.15, -0.1) is 0 Å². The van der Waals surface area contributed by atoms with Gasteiger partial charge in [-0.25, -0.2) is 4.98 Å². The van der Waals surface area contributed by atoms with Gasteiger partial charge in [0.2, 0.25) is 5.95 Å². The van der Waals surface area contributed by atoms with Crippen LogP contribution in [0.25, 0.3) is 94.0 Å². The fourth-order valence-electron chi connectivity index (χ4n) is 8.11. The van der Waals surface area contributed by atoms with Crippen molar-refractivity contribution < 1.29 is 0 Å². The highest BCUT2D eigenvalue weighted by molar-refractivity contribution is 6.21. The highest BCUT2D eigenvalue weighted by atomic mass is 15.2. The number of hydrogen-bond donors (Lipinski definition) is 0. The van der Waals surface area contributed by atoms with Crippen molar-refractivity contribution in [3.05, 3.63) is 176 Å². The fraction of sp³-hybridized carbons (Fsp3) is 0. The van der Waals surface area contributed by atoms with Gasteiger partial charge in [0.25, 0.3) is 0 Å². The van der Waals surface area contributed by atoms with Crippen LogP contribution in [-0.2, 0) is 0 Å². The number of rotatable bonds is 4. The summed E-state index contributed by atoms with van der Waals surface area (Å²) in [6, 6.07) is 60.2. The molecule has 0 aliphatic heterocycles. The van der Waals surface area contributed by atoms with Crippen LogP contribution in [0.4, 0.5) is 0 Å². The van der Waals surface area contributed by atoms with Gasteiger partial charge in [0, 0.05) is 50.1 Å². The predicted octanol–water partition coefficient (Wildman–Crippen LogP) is 11.4. The first kappa shape index (κ1) is 27.9. The molecule has 5 nitrogen and oxygen atoms in total. The lowest BCUT2D eigenvalue weighted by molar-refractivity contribution is 0.988. The first-order valence-corrected chi connectivity index (χ1v) is 17.3. The molecule has 0 spiro atoms. The third-order valence-corrected chi connectivity index (χ3v) is 10.3. The summed E-state index contributed by atoms with van der Waals surface area (Å²) >= 11 is 0. The Balaban J connectivity index is 1.30. The first-order valence-electron chi connectivity index (χ1n) is 17.3. The zero-order valence-corrected chi connectivity index (χ0v) is 27.5. The van der Waals surface area contributed by atoms with Crippen LogP contribution in [-0.4, -0.2) is 23.7 Å². The maximum absolute atomic E-state index is 5.58. The molecule has 7 aromatic carbocycles. The highest BCUT2D eigenvalue weighted by Gasteiger charge is 2.23. The van der Waals surface area contributed by atoms with E-state index < -0.39 is 0 Å². The molecule has 0 bridgehead atoms. The van der Waals surface area contributed by atoms with Gasteiger partial charge in [0.15, 0.2) is 5.65 Å². The van der Waals surface area contributed by atoms with E-state index in [1.54, 1.807) is 0 Å². The second-order valence-corrected chi connectivity index (χ2v) is 13.1. The van der Waals surface area contributed by atoms with E-state index in [4.69, 9.17) is 9.97 Å². The summed E-state index contributed by atoms with van der Waals surface area (Å²) in [6.07, 6.45) is 2.12. The molecule has 0 fully saturated rings. The van der Waals surface area contributed by atoms with Crippen molar-refractivity contribution in [1.82, 2.24) is 23.7 Å². The number of hydrogen-bond acceptors (Lipinski definition) is 2. The molecule has 0 atom stereocenters. The van der Waals surface area contributed by atoms with Gasteiger partial charge in [-0.2, -0.15) is 4.98 Å². The van der Waals surface area contributed by atoms with Crippen molar-refractivity contribution in [1.29, 1.82) is 0 Å². The monoisotopic (exact) mass is 651 g/mol. The van der Waals surface area contributed by atoms with Gasteiger partial charge in [0.05, 0.1) is 27.8 Å². The van der Waals surface area contributed by atoms with Gasteiger partial charge in [-0.1, -0.05) is 121 Å². The Morgan fingerprint density at radius 2 is 1.04 bits per heavy atom. The quantitative estimate of drug-likeness (QED) is 0.190. The standard InChI is InChI=1S/C46H29N5/c1-3-15-31(16-4-1)49-29-28-38-43(37-23-13-22-35-34-20-9-11-24-39(34)50(44(35)37)32-17-5-2-6-18-32)47-46(48-45(38)49)51-40-25-12-10-21-36(40)42-33-19-8-7-14-30(33)26-27-41(42)51/h1-29H. The van der Waals surface area contributed by atoms with Crippen molar-refractivity contribution in [2.24, 2.45) is 0 Å². The summed E-state index contributed by atoms with van der Waals surface area (Å²) in [5.74, 6) is 0.634. The normalized spacial score (nSPS) is 11.9. The zero-order chi connectivity index (χ0) is 33.5. The molecule has 51 heavy (non-hydrogen) atoms. The Labute approximate surface area is 292 Å². The van der Waals surface area contributed by atoms with Crippen LogP contribution in [0, 0.1) is 0 Å². The minimum Gasteiger partial charge on any atom is -0.309 e. The summed E-state index contributed by atoms with van der Waals surface area (Å²) in [4.78, 5) is 11.0. The predicted molar refractivity (Wildman–Crippen MR) is 210 cm³/mol. The van der Waals surface area contributed by atoms with Crippen LogP contribution in [0.3, 0.4) is 0 Å². The molecular weight excluding hydrogens is 623 g/mol. The fourth-order valence-corrected chi connectivity index (χ4v) is 8.11. The number of fused-ring (bicyclic) bond motifs is 9. The van der Waals surface area contributed by atoms with Crippen molar-refractivity contribution in [2.45, 2.75) is 0 Å². The smallest absolute Gasteiger partial charge is 0.237 e. The maximum Gasteiger partial charge on any atom is 0.237 e. The van der Waals surface area contributed by atoms with Crippen molar-refractivity contribution >= 4 is 65.4 Å². The van der Waals surface area contributed by atoms with Crippen molar-refractivity contribution in [2.75, 3.05) is 0 Å². The summed E-state index contributed by atoms with van der Waals surface area (Å²) < 4.78 is 6.81. The number of para-hydroxylation sites is 5. The molecule has 4 heterocycles. The van der Waals surface area contributed by atoms with E-state index in [1.807, 2.05) is 6.07 Å². The molecule has 0 saturated heterocycles. The molecule has 0 amide bonds. The Morgan fingerprint density at radius 3 is 1.84 bits per heavy atom. The second-order valence-electron chi connectivity index (χ2n) is 13.1. The Hall–Kier alpha value is -6.98. The van der Waals surface area contributed by atoms with Crippen molar-refractivity contribution in [3.63, 3.8) is 0 Å². The topological polar surface area (TPSA) is 40.6 Å². The van der Waals surface area contributed by atoms with E-state index in [9.17, 15) is 0 Å². The van der Waals surface area contributed by atoms with Crippen LogP contribution in [0.5, 0.6) is 0 Å². The lowest BCUT2D eigenvalue weighted by atomic mass is 10.0. The molecule has 4 aromatic heterocycles. The largest absolute Gasteiger partial charge is 0.309 e. The summed E-state index contributed by atoms with van der Waals surface area (Å²) in [5.41, 5.74) is 9.39. The maximum atomic E-state index is 5.58. The number of benzene rings is 7. The number of aromatic nitrogens is 5. The second kappa shape index (κ2) is 10.8. The van der Waals surface area contributed by atoms with Gasteiger partial charge in [-0.05, 0) is 59.3 Å². The summed E-state index contributed by atoms with van der Waals surface area (Å²) in [6.45, 7) is 0. The minimum absolute atomic E-state index is 0.634. The Kier molecular flexibility index (Phi) is 5.89. The van der Waals surface area contributed by atoms with Crippen LogP contribution < -0.4 is 0 Å². The number of nitrogens with zero attached hydrogens (tertiary/aromatic N) is 5. The van der Waals surface area contributed by atoms with E-state index in [1.165, 1.54) is 32.3 Å². The lowest BCUT2D eigenvalue weighted by Gasteiger charge is -2.14. The molecule has 0 N–H and O–H groups in total. The van der Waals surface area contributed by atoms with Crippen LogP contribution in [0.1, 0.15) is 0 Å². The average molecular weight is 652 g/mol. The van der Waals surface area contributed by atoms with E-state index >= 15 is 0 Å². The van der Waals surface area contributed by atoms with E-state index in [2.05, 4.69) is 184 Å². The first-order chi connectivity index (χ1) is 25.3. The van der Waals surface area contributed by atoms with E-state index in [-0.39, 0.29) is 0 Å². The molecular formula is C46H29N5. The van der Waals surface area contributed by atoms with E-state index in [0.717, 1.165) is 55.7 Å². The zero-order valence-electron chi connectivity index (χ0n) is 27.5. The van der Waals surface area contributed by atoms with Crippen LogP contribution in [0.2, 0.25) is 0 Å². The molecule has 11 rings (SSSR count). The van der Waals surface area contributed by atoms with Crippen molar-refractivity contribution in [3.8, 4) is 28.6 Å². The van der Waals surface area contributed by atoms with E-state index in [0.29, 0.717) is 5.95 Å². The van der Waals surface area contributed by atoms with Gasteiger partial charge in [-0.3, -0.25) is 4.57 Å². The molecule has 0 saturated carbocycles. The molecule has 0 aliphatic carbocycles. The molecule has 238 valence electrons. The highest BCUT2D eigenvalue weighted by Crippen LogP contribution is 2.41. The minimum atomic E-state index is 0.634. The molecule has 0 unspecified atom stereocenters. The lowest BCUT2D eigenvalue weighted by Crippen LogP contribution is -2.05. The SMILES string of the molecule is c1ccc(-n2ccc3c(-c4cccc5c6ccccc6n(-c6ccccc6)c45)nc(-n4c5ccccc5c5c6ccccc6ccc54)nc32)cc1. The van der Waals surface area contributed by atoms with Gasteiger partial charge < -0.3 is 9.13 Å². The van der Waals surface area contributed by atoms with Gasteiger partial charge >= 0.3 is 0 Å². The van der Waals surface area contributed by atoms with Gasteiger partial charge in [0.1, 0.15) is 0 Å². The third-order valence-electron chi connectivity index (χ3n) is 10.3. The summed E-state index contributed by atoms with van der Waals surface area (Å²) in [5, 5.41) is 8.20. The summed E-state index contributed by atoms with van der Waals surface area (Å²) in [7, 11) is 0. The molecule has 0 radical (unpaired) electrons. The molecule has 0 aliphatic rings. The van der Waals surface area contributed by atoms with Crippen LogP contribution in [0.15, 0.2) is 176 Å². The molecule has 11 aromatic rings. The average Bonchev–Trinajstić information content (AvgIpc) is 3.89. The Bertz CT molecular complexity index is 3130. The van der Waals surface area contributed by atoms with Crippen LogP contribution >= 0.6 is 0 Å². The Morgan fingerprint density at radius 1 is 0.392 bits per heavy atom. The third kappa shape index (κ3) is 4.03.